The van der Waals surface area contributed by atoms with Crippen LogP contribution in [0.5, 0.6) is 0 Å². The van der Waals surface area contributed by atoms with E-state index in [1.165, 1.54) is 0 Å². The molecule has 0 aliphatic carbocycles. The van der Waals surface area contributed by atoms with Gasteiger partial charge in [0.1, 0.15) is 0 Å². The van der Waals surface area contributed by atoms with Gasteiger partial charge < -0.3 is 15.3 Å². The number of hydrogen-bond donors (Lipinski definition) is 2. The van der Waals surface area contributed by atoms with E-state index in [4.69, 9.17) is 5.11 Å². The predicted octanol–water partition coefficient (Wildman–Crippen LogP) is -0.482. The summed E-state index contributed by atoms with van der Waals surface area (Å²) in [4.78, 5) is 2.10. The summed E-state index contributed by atoms with van der Waals surface area (Å²) in [6.45, 7) is 4.52. The minimum Gasteiger partial charge on any atom is -0.392 e. The summed E-state index contributed by atoms with van der Waals surface area (Å²) >= 11 is 0. The standard InChI is InChI=1S/C7H18N2O/c1-7(10)6-9(3)5-4-8-2/h7-8,10H,4-6H2,1-3H3/t7-/m0/s1. The van der Waals surface area contributed by atoms with Crippen LogP contribution in [0.15, 0.2) is 0 Å². The third-order valence-corrected chi connectivity index (χ3v) is 1.32. The molecule has 0 unspecified atom stereocenters. The van der Waals surface area contributed by atoms with E-state index in [0.29, 0.717) is 0 Å². The smallest absolute Gasteiger partial charge is 0.0638 e. The fraction of sp³-hybridized carbons (Fsp3) is 1.00. The Labute approximate surface area is 63.0 Å². The van der Waals surface area contributed by atoms with Gasteiger partial charge in [-0.3, -0.25) is 0 Å². The summed E-state index contributed by atoms with van der Waals surface area (Å²) in [5.74, 6) is 0. The van der Waals surface area contributed by atoms with Gasteiger partial charge in [-0.2, -0.15) is 0 Å². The third kappa shape index (κ3) is 6.01. The van der Waals surface area contributed by atoms with Gasteiger partial charge in [0, 0.05) is 19.6 Å². The van der Waals surface area contributed by atoms with E-state index in [0.717, 1.165) is 19.6 Å². The molecule has 0 fully saturated rings. The Bertz CT molecular complexity index is 76.0. The molecule has 0 spiro atoms. The Morgan fingerprint density at radius 3 is 2.60 bits per heavy atom. The SMILES string of the molecule is CNCCN(C)C[C@H](C)O. The molecule has 0 aromatic rings. The molecule has 2 N–H and O–H groups in total. The number of hydrogen-bond acceptors (Lipinski definition) is 3. The van der Waals surface area contributed by atoms with Crippen LogP contribution in [0.1, 0.15) is 6.92 Å². The Morgan fingerprint density at radius 2 is 2.20 bits per heavy atom. The van der Waals surface area contributed by atoms with Crippen LogP contribution in [0, 0.1) is 0 Å². The Balaban J connectivity index is 3.16. The van der Waals surface area contributed by atoms with Crippen LogP contribution in [-0.2, 0) is 0 Å². The molecule has 62 valence electrons. The largest absolute Gasteiger partial charge is 0.392 e. The molecule has 0 radical (unpaired) electrons. The highest BCUT2D eigenvalue weighted by Gasteiger charge is 2.00. The first-order chi connectivity index (χ1) is 4.66. The molecule has 0 amide bonds. The average molecular weight is 146 g/mol. The minimum absolute atomic E-state index is 0.221. The fourth-order valence-corrected chi connectivity index (χ4v) is 0.845. The molecule has 0 aromatic heterocycles. The highest BCUT2D eigenvalue weighted by molar-refractivity contribution is 4.56. The molecule has 0 bridgehead atoms. The number of nitrogens with one attached hydrogen (secondary N) is 1. The lowest BCUT2D eigenvalue weighted by molar-refractivity contribution is 0.142. The van der Waals surface area contributed by atoms with Crippen molar-refractivity contribution in [2.24, 2.45) is 0 Å². The van der Waals surface area contributed by atoms with Gasteiger partial charge in [-0.15, -0.1) is 0 Å². The maximum Gasteiger partial charge on any atom is 0.0638 e. The van der Waals surface area contributed by atoms with Gasteiger partial charge >= 0.3 is 0 Å². The first-order valence-corrected chi connectivity index (χ1v) is 3.68. The van der Waals surface area contributed by atoms with Gasteiger partial charge in [-0.25, -0.2) is 0 Å². The Kier molecular flexibility index (Phi) is 5.58. The quantitative estimate of drug-likeness (QED) is 0.550. The molecule has 0 saturated heterocycles. The van der Waals surface area contributed by atoms with E-state index in [1.807, 2.05) is 14.1 Å². The van der Waals surface area contributed by atoms with E-state index in [9.17, 15) is 0 Å². The first kappa shape index (κ1) is 9.88. The highest BCUT2D eigenvalue weighted by Crippen LogP contribution is 1.85. The maximum atomic E-state index is 8.96. The van der Waals surface area contributed by atoms with E-state index in [1.54, 1.807) is 6.92 Å². The van der Waals surface area contributed by atoms with E-state index >= 15 is 0 Å². The molecular weight excluding hydrogens is 128 g/mol. The van der Waals surface area contributed by atoms with Crippen molar-refractivity contribution in [2.45, 2.75) is 13.0 Å². The lowest BCUT2D eigenvalue weighted by Crippen LogP contribution is -2.32. The van der Waals surface area contributed by atoms with Crippen LogP contribution < -0.4 is 5.32 Å². The molecule has 0 aromatic carbocycles. The second-order valence-corrected chi connectivity index (χ2v) is 2.71. The van der Waals surface area contributed by atoms with Crippen molar-refractivity contribution in [3.05, 3.63) is 0 Å². The topological polar surface area (TPSA) is 35.5 Å². The molecule has 0 saturated carbocycles. The average Bonchev–Trinajstić information content (AvgIpc) is 1.82. The number of aliphatic hydroxyl groups is 1. The summed E-state index contributed by atoms with van der Waals surface area (Å²) in [6.07, 6.45) is -0.221. The Hall–Kier alpha value is -0.120. The van der Waals surface area contributed by atoms with Crippen LogP contribution in [0.2, 0.25) is 0 Å². The zero-order chi connectivity index (χ0) is 7.98. The number of nitrogens with zero attached hydrogens (tertiary/aromatic N) is 1. The second-order valence-electron chi connectivity index (χ2n) is 2.71. The molecule has 0 heterocycles. The third-order valence-electron chi connectivity index (χ3n) is 1.32. The van der Waals surface area contributed by atoms with Crippen LogP contribution in [-0.4, -0.2) is 49.8 Å². The zero-order valence-corrected chi connectivity index (χ0v) is 7.09. The molecule has 3 heteroatoms. The summed E-state index contributed by atoms with van der Waals surface area (Å²) in [6, 6.07) is 0. The van der Waals surface area contributed by atoms with E-state index < -0.39 is 0 Å². The maximum absolute atomic E-state index is 8.96. The lowest BCUT2D eigenvalue weighted by atomic mass is 10.4. The molecular formula is C7H18N2O. The van der Waals surface area contributed by atoms with Crippen molar-refractivity contribution in [3.8, 4) is 0 Å². The van der Waals surface area contributed by atoms with Gasteiger partial charge in [-0.05, 0) is 21.0 Å². The van der Waals surface area contributed by atoms with Crippen molar-refractivity contribution >= 4 is 0 Å². The van der Waals surface area contributed by atoms with Crippen LogP contribution >= 0.6 is 0 Å². The van der Waals surface area contributed by atoms with Crippen molar-refractivity contribution in [3.63, 3.8) is 0 Å². The number of aliphatic hydroxyl groups excluding tert-OH is 1. The van der Waals surface area contributed by atoms with Crippen molar-refractivity contribution in [1.82, 2.24) is 10.2 Å². The summed E-state index contributed by atoms with van der Waals surface area (Å²) in [5, 5.41) is 12.0. The van der Waals surface area contributed by atoms with Gasteiger partial charge in [0.2, 0.25) is 0 Å². The van der Waals surface area contributed by atoms with E-state index in [2.05, 4.69) is 10.2 Å². The van der Waals surface area contributed by atoms with Crippen LogP contribution in [0.4, 0.5) is 0 Å². The molecule has 0 aliphatic heterocycles. The Morgan fingerprint density at radius 1 is 1.60 bits per heavy atom. The molecule has 0 aliphatic rings. The molecule has 3 nitrogen and oxygen atoms in total. The van der Waals surface area contributed by atoms with Gasteiger partial charge in [0.25, 0.3) is 0 Å². The summed E-state index contributed by atoms with van der Waals surface area (Å²) < 4.78 is 0. The zero-order valence-electron chi connectivity index (χ0n) is 7.09. The van der Waals surface area contributed by atoms with E-state index in [-0.39, 0.29) is 6.10 Å². The molecule has 1 atom stereocenters. The predicted molar refractivity (Wildman–Crippen MR) is 43.1 cm³/mol. The van der Waals surface area contributed by atoms with Gasteiger partial charge in [-0.1, -0.05) is 0 Å². The normalized spacial score (nSPS) is 14.1. The van der Waals surface area contributed by atoms with Crippen LogP contribution in [0.25, 0.3) is 0 Å². The van der Waals surface area contributed by atoms with Crippen molar-refractivity contribution < 1.29 is 5.11 Å². The summed E-state index contributed by atoms with van der Waals surface area (Å²) in [5.41, 5.74) is 0. The van der Waals surface area contributed by atoms with Crippen molar-refractivity contribution in [1.29, 1.82) is 0 Å². The summed E-state index contributed by atoms with van der Waals surface area (Å²) in [7, 11) is 3.93. The molecule has 10 heavy (non-hydrogen) atoms. The first-order valence-electron chi connectivity index (χ1n) is 3.68. The van der Waals surface area contributed by atoms with Crippen molar-refractivity contribution in [2.75, 3.05) is 33.7 Å². The molecule has 0 rings (SSSR count). The monoisotopic (exact) mass is 146 g/mol. The second kappa shape index (κ2) is 5.65. The minimum atomic E-state index is -0.221. The number of likely N-dealkylation sites (N-methyl/N-ethyl adjacent to an activating group) is 2. The van der Waals surface area contributed by atoms with Gasteiger partial charge in [0.05, 0.1) is 6.10 Å². The lowest BCUT2D eigenvalue weighted by Gasteiger charge is -2.17. The van der Waals surface area contributed by atoms with Crippen LogP contribution in [0.3, 0.4) is 0 Å². The number of rotatable bonds is 5. The highest BCUT2D eigenvalue weighted by atomic mass is 16.3. The fourth-order valence-electron chi connectivity index (χ4n) is 0.845. The van der Waals surface area contributed by atoms with Gasteiger partial charge in [0.15, 0.2) is 0 Å².